The lowest BCUT2D eigenvalue weighted by Gasteiger charge is -2.14. The van der Waals surface area contributed by atoms with Crippen molar-refractivity contribution < 1.29 is 9.59 Å². The van der Waals surface area contributed by atoms with E-state index >= 15 is 0 Å². The van der Waals surface area contributed by atoms with E-state index in [0.29, 0.717) is 10.2 Å². The number of rotatable bonds is 1. The molecule has 0 N–H and O–H groups in total. The van der Waals surface area contributed by atoms with Crippen LogP contribution >= 0.6 is 22.9 Å². The Labute approximate surface area is 141 Å². The van der Waals surface area contributed by atoms with Crippen molar-refractivity contribution in [3.8, 4) is 0 Å². The van der Waals surface area contributed by atoms with Crippen molar-refractivity contribution in [1.82, 2.24) is 4.98 Å². The van der Waals surface area contributed by atoms with Crippen LogP contribution in [0.2, 0.25) is 5.02 Å². The van der Waals surface area contributed by atoms with Gasteiger partial charge in [0.05, 0.1) is 22.1 Å². The number of aryl methyl sites for hydroxylation is 1. The van der Waals surface area contributed by atoms with Gasteiger partial charge in [0.2, 0.25) is 11.8 Å². The van der Waals surface area contributed by atoms with E-state index in [-0.39, 0.29) is 35.5 Å². The maximum Gasteiger partial charge on any atom is 0.240 e. The second-order valence-electron chi connectivity index (χ2n) is 6.58. The SMILES string of the molecule is Cc1cc2sc(N3C(=O)[C@@H]4[C@@H](C3=O)[C@H]3C=C[C@H]4C3)nc2cc1Cl. The maximum absolute atomic E-state index is 12.8. The highest BCUT2D eigenvalue weighted by Crippen LogP contribution is 2.53. The number of nitrogens with zero attached hydrogens (tertiary/aromatic N) is 2. The molecule has 23 heavy (non-hydrogen) atoms. The summed E-state index contributed by atoms with van der Waals surface area (Å²) in [5.41, 5.74) is 1.70. The number of allylic oxidation sites excluding steroid dienone is 2. The van der Waals surface area contributed by atoms with Gasteiger partial charge in [-0.25, -0.2) is 9.88 Å². The highest BCUT2D eigenvalue weighted by molar-refractivity contribution is 7.22. The van der Waals surface area contributed by atoms with Gasteiger partial charge in [0.1, 0.15) is 0 Å². The van der Waals surface area contributed by atoms with Crippen molar-refractivity contribution in [2.75, 3.05) is 4.90 Å². The molecule has 4 atom stereocenters. The van der Waals surface area contributed by atoms with E-state index in [9.17, 15) is 9.59 Å². The van der Waals surface area contributed by atoms with Gasteiger partial charge in [-0.2, -0.15) is 0 Å². The monoisotopic (exact) mass is 344 g/mol. The van der Waals surface area contributed by atoms with Crippen LogP contribution in [0.3, 0.4) is 0 Å². The van der Waals surface area contributed by atoms with Crippen LogP contribution in [0.5, 0.6) is 0 Å². The first-order chi connectivity index (χ1) is 11.0. The van der Waals surface area contributed by atoms with E-state index in [1.807, 2.05) is 13.0 Å². The number of hydrogen-bond acceptors (Lipinski definition) is 4. The Morgan fingerprint density at radius 1 is 1.17 bits per heavy atom. The molecule has 4 nitrogen and oxygen atoms in total. The zero-order chi connectivity index (χ0) is 15.9. The minimum absolute atomic E-state index is 0.0845. The second kappa shape index (κ2) is 4.42. The minimum Gasteiger partial charge on any atom is -0.274 e. The maximum atomic E-state index is 12.8. The average Bonchev–Trinajstić information content (AvgIpc) is 3.24. The highest BCUT2D eigenvalue weighted by atomic mass is 35.5. The van der Waals surface area contributed by atoms with Gasteiger partial charge in [-0.3, -0.25) is 9.59 Å². The van der Waals surface area contributed by atoms with E-state index < -0.39 is 0 Å². The largest absolute Gasteiger partial charge is 0.274 e. The van der Waals surface area contributed by atoms with Crippen LogP contribution in [0.4, 0.5) is 5.13 Å². The van der Waals surface area contributed by atoms with Crippen LogP contribution in [-0.4, -0.2) is 16.8 Å². The number of anilines is 1. The molecule has 116 valence electrons. The van der Waals surface area contributed by atoms with Crippen molar-refractivity contribution in [2.24, 2.45) is 23.7 Å². The quantitative estimate of drug-likeness (QED) is 0.587. The molecule has 2 fully saturated rings. The fraction of sp³-hybridized carbons (Fsp3) is 0.353. The summed E-state index contributed by atoms with van der Waals surface area (Å²) in [7, 11) is 0. The van der Waals surface area contributed by atoms with Crippen LogP contribution in [0.1, 0.15) is 12.0 Å². The third-order valence-corrected chi connectivity index (χ3v) is 6.73. The van der Waals surface area contributed by atoms with Gasteiger partial charge in [0.25, 0.3) is 0 Å². The van der Waals surface area contributed by atoms with Gasteiger partial charge in [-0.05, 0) is 42.9 Å². The molecule has 2 amide bonds. The van der Waals surface area contributed by atoms with Crippen LogP contribution in [-0.2, 0) is 9.59 Å². The van der Waals surface area contributed by atoms with Crippen molar-refractivity contribution in [3.63, 3.8) is 0 Å². The summed E-state index contributed by atoms with van der Waals surface area (Å²) in [6, 6.07) is 3.75. The van der Waals surface area contributed by atoms with Crippen LogP contribution in [0, 0.1) is 30.6 Å². The summed E-state index contributed by atoms with van der Waals surface area (Å²) in [5, 5.41) is 1.12. The summed E-state index contributed by atoms with van der Waals surface area (Å²) in [6.07, 6.45) is 5.14. The van der Waals surface area contributed by atoms with E-state index in [0.717, 1.165) is 22.2 Å². The number of aromatic nitrogens is 1. The minimum atomic E-state index is -0.185. The smallest absolute Gasteiger partial charge is 0.240 e. The van der Waals surface area contributed by atoms with E-state index in [4.69, 9.17) is 11.6 Å². The number of carbonyl (C=O) groups is 2. The van der Waals surface area contributed by atoms with Crippen LogP contribution in [0.15, 0.2) is 24.3 Å². The van der Waals surface area contributed by atoms with Gasteiger partial charge < -0.3 is 0 Å². The summed E-state index contributed by atoms with van der Waals surface area (Å²) < 4.78 is 0.945. The summed E-state index contributed by atoms with van der Waals surface area (Å²) >= 11 is 7.53. The standard InChI is InChI=1S/C17H13ClN2O2S/c1-7-4-12-11(6-10(7)18)19-17(23-12)20-15(21)13-8-2-3-9(5-8)14(13)16(20)22/h2-4,6,8-9,13-14H,5H2,1H3/t8-,9-,13-,14-/m0/s1. The van der Waals surface area contributed by atoms with E-state index in [2.05, 4.69) is 17.1 Å². The lowest BCUT2D eigenvalue weighted by Crippen LogP contribution is -2.32. The number of halogens is 1. The predicted octanol–water partition coefficient (Wildman–Crippen LogP) is 3.57. The molecule has 1 saturated carbocycles. The average molecular weight is 345 g/mol. The number of benzene rings is 1. The molecule has 0 spiro atoms. The lowest BCUT2D eigenvalue weighted by molar-refractivity contribution is -0.123. The molecule has 5 rings (SSSR count). The summed E-state index contributed by atoms with van der Waals surface area (Å²) in [5.74, 6) is -0.0999. The van der Waals surface area contributed by atoms with Crippen molar-refractivity contribution in [2.45, 2.75) is 13.3 Å². The molecule has 2 aliphatic carbocycles. The Hall–Kier alpha value is -1.72. The molecule has 2 aromatic rings. The van der Waals surface area contributed by atoms with Crippen molar-refractivity contribution >= 4 is 50.1 Å². The normalized spacial score (nSPS) is 31.7. The molecule has 3 aliphatic rings. The molecule has 2 heterocycles. The molecule has 0 radical (unpaired) electrons. The Morgan fingerprint density at radius 3 is 2.48 bits per heavy atom. The Kier molecular flexibility index (Phi) is 2.63. The van der Waals surface area contributed by atoms with Crippen LogP contribution < -0.4 is 4.90 Å². The highest BCUT2D eigenvalue weighted by Gasteiger charge is 2.60. The fourth-order valence-corrected chi connectivity index (χ4v) is 5.44. The lowest BCUT2D eigenvalue weighted by atomic mass is 9.85. The summed E-state index contributed by atoms with van der Waals surface area (Å²) in [4.78, 5) is 31.4. The van der Waals surface area contributed by atoms with Gasteiger partial charge in [-0.1, -0.05) is 35.1 Å². The zero-order valence-electron chi connectivity index (χ0n) is 12.3. The molecule has 2 bridgehead atoms. The molecule has 1 aromatic heterocycles. The third kappa shape index (κ3) is 1.69. The van der Waals surface area contributed by atoms with Crippen molar-refractivity contribution in [3.05, 3.63) is 34.9 Å². The summed E-state index contributed by atoms with van der Waals surface area (Å²) in [6.45, 7) is 1.93. The molecular formula is C17H13ClN2O2S. The molecule has 1 saturated heterocycles. The Morgan fingerprint density at radius 2 is 1.83 bits per heavy atom. The van der Waals surface area contributed by atoms with Gasteiger partial charge >= 0.3 is 0 Å². The number of imide groups is 1. The number of hydrogen-bond donors (Lipinski definition) is 0. The molecule has 1 aromatic carbocycles. The predicted molar refractivity (Wildman–Crippen MR) is 89.6 cm³/mol. The van der Waals surface area contributed by atoms with Gasteiger partial charge in [-0.15, -0.1) is 0 Å². The molecule has 0 unspecified atom stereocenters. The first-order valence-corrected chi connectivity index (χ1v) is 8.87. The fourth-order valence-electron chi connectivity index (χ4n) is 4.22. The Balaban J connectivity index is 1.60. The topological polar surface area (TPSA) is 50.3 Å². The third-order valence-electron chi connectivity index (χ3n) is 5.32. The van der Waals surface area contributed by atoms with Gasteiger partial charge in [0.15, 0.2) is 5.13 Å². The first kappa shape index (κ1) is 13.7. The molecule has 1 aliphatic heterocycles. The van der Waals surface area contributed by atoms with E-state index in [1.54, 1.807) is 6.07 Å². The zero-order valence-corrected chi connectivity index (χ0v) is 13.9. The Bertz CT molecular complexity index is 850. The van der Waals surface area contributed by atoms with Crippen LogP contribution in [0.25, 0.3) is 10.2 Å². The number of fused-ring (bicyclic) bond motifs is 6. The van der Waals surface area contributed by atoms with Crippen molar-refractivity contribution in [1.29, 1.82) is 0 Å². The molecular weight excluding hydrogens is 332 g/mol. The van der Waals surface area contributed by atoms with Gasteiger partial charge in [0, 0.05) is 5.02 Å². The molecule has 6 heteroatoms. The number of thiazole rings is 1. The number of carbonyl (C=O) groups excluding carboxylic acids is 2. The van der Waals surface area contributed by atoms with E-state index in [1.165, 1.54) is 16.2 Å². The first-order valence-electron chi connectivity index (χ1n) is 7.67. The number of amides is 2. The second-order valence-corrected chi connectivity index (χ2v) is 7.99.